The number of esters is 1. The smallest absolute Gasteiger partial charge is 0.330 e. The molecular weight excluding hydrogens is 244 g/mol. The highest BCUT2D eigenvalue weighted by atomic mass is 16.6. The van der Waals surface area contributed by atoms with Gasteiger partial charge in [-0.15, -0.1) is 0 Å². The summed E-state index contributed by atoms with van der Waals surface area (Å²) in [5, 5.41) is 0. The largest absolute Gasteiger partial charge is 0.463 e. The molecule has 0 aromatic heterocycles. The van der Waals surface area contributed by atoms with E-state index in [9.17, 15) is 4.79 Å². The van der Waals surface area contributed by atoms with Crippen LogP contribution in [0, 0.1) is 0 Å². The number of carbonyl (C=O) groups excluding carboxylic acids is 1. The van der Waals surface area contributed by atoms with Crippen LogP contribution in [0.5, 0.6) is 0 Å². The third kappa shape index (κ3) is 4.85. The van der Waals surface area contributed by atoms with Gasteiger partial charge in [0.2, 0.25) is 0 Å². The van der Waals surface area contributed by atoms with Crippen LogP contribution in [-0.4, -0.2) is 31.4 Å². The van der Waals surface area contributed by atoms with Crippen LogP contribution in [0.3, 0.4) is 0 Å². The van der Waals surface area contributed by atoms with Crippen molar-refractivity contribution in [1.29, 1.82) is 0 Å². The third-order valence-electron chi connectivity index (χ3n) is 2.72. The molecule has 0 aliphatic carbocycles. The lowest BCUT2D eigenvalue weighted by molar-refractivity contribution is -0.137. The van der Waals surface area contributed by atoms with E-state index in [0.29, 0.717) is 19.8 Å². The SMILES string of the molecule is CCOC(=O)/C=C/[C@H]1O[C@@H]1COCc1ccccc1. The molecule has 0 N–H and O–H groups in total. The standard InChI is InChI=1S/C15H18O4/c1-2-18-15(16)9-8-13-14(19-13)11-17-10-12-6-4-3-5-7-12/h3-9,13-14H,2,10-11H2,1H3/b9-8+/t13-,14-/m1/s1. The van der Waals surface area contributed by atoms with E-state index in [0.717, 1.165) is 5.56 Å². The Bertz CT molecular complexity index is 427. The minimum atomic E-state index is -0.332. The van der Waals surface area contributed by atoms with Crippen LogP contribution >= 0.6 is 0 Å². The Morgan fingerprint density at radius 1 is 1.37 bits per heavy atom. The fourth-order valence-electron chi connectivity index (χ4n) is 1.69. The summed E-state index contributed by atoms with van der Waals surface area (Å²) in [7, 11) is 0. The van der Waals surface area contributed by atoms with Crippen molar-refractivity contribution in [2.24, 2.45) is 0 Å². The molecule has 4 nitrogen and oxygen atoms in total. The van der Waals surface area contributed by atoms with Crippen LogP contribution < -0.4 is 0 Å². The first-order valence-corrected chi connectivity index (χ1v) is 6.41. The molecule has 0 unspecified atom stereocenters. The van der Waals surface area contributed by atoms with Gasteiger partial charge in [0.1, 0.15) is 12.2 Å². The molecule has 1 aromatic carbocycles. The van der Waals surface area contributed by atoms with E-state index in [-0.39, 0.29) is 18.2 Å². The van der Waals surface area contributed by atoms with Crippen LogP contribution in [0.2, 0.25) is 0 Å². The molecule has 0 saturated carbocycles. The van der Waals surface area contributed by atoms with Crippen molar-refractivity contribution in [2.75, 3.05) is 13.2 Å². The molecule has 0 amide bonds. The summed E-state index contributed by atoms with van der Waals surface area (Å²) in [5.41, 5.74) is 1.14. The van der Waals surface area contributed by atoms with Crippen LogP contribution in [0.25, 0.3) is 0 Å². The van der Waals surface area contributed by atoms with E-state index < -0.39 is 0 Å². The number of epoxide rings is 1. The topological polar surface area (TPSA) is 48.1 Å². The quantitative estimate of drug-likeness (QED) is 0.429. The van der Waals surface area contributed by atoms with Crippen molar-refractivity contribution >= 4 is 5.97 Å². The van der Waals surface area contributed by atoms with Crippen molar-refractivity contribution in [3.63, 3.8) is 0 Å². The van der Waals surface area contributed by atoms with E-state index in [1.54, 1.807) is 13.0 Å². The van der Waals surface area contributed by atoms with Crippen LogP contribution in [0.4, 0.5) is 0 Å². The van der Waals surface area contributed by atoms with Crippen molar-refractivity contribution in [3.8, 4) is 0 Å². The Hall–Kier alpha value is -1.65. The predicted octanol–water partition coefficient (Wildman–Crippen LogP) is 2.09. The molecule has 19 heavy (non-hydrogen) atoms. The molecule has 4 heteroatoms. The number of hydrogen-bond acceptors (Lipinski definition) is 4. The molecule has 0 bridgehead atoms. The van der Waals surface area contributed by atoms with Gasteiger partial charge in [0.25, 0.3) is 0 Å². The van der Waals surface area contributed by atoms with Crippen LogP contribution in [0.15, 0.2) is 42.5 Å². The monoisotopic (exact) mass is 262 g/mol. The molecule has 1 fully saturated rings. The zero-order valence-corrected chi connectivity index (χ0v) is 11.0. The maximum Gasteiger partial charge on any atom is 0.330 e. The van der Waals surface area contributed by atoms with E-state index in [1.165, 1.54) is 6.08 Å². The summed E-state index contributed by atoms with van der Waals surface area (Å²) in [4.78, 5) is 11.1. The lowest BCUT2D eigenvalue weighted by Gasteiger charge is -2.01. The molecular formula is C15H18O4. The van der Waals surface area contributed by atoms with Crippen molar-refractivity contribution < 1.29 is 19.0 Å². The molecule has 2 rings (SSSR count). The summed E-state index contributed by atoms with van der Waals surface area (Å²) in [5.74, 6) is -0.332. The molecule has 1 aromatic rings. The zero-order chi connectivity index (χ0) is 13.5. The molecule has 2 atom stereocenters. The van der Waals surface area contributed by atoms with Crippen molar-refractivity contribution in [2.45, 2.75) is 25.7 Å². The van der Waals surface area contributed by atoms with Gasteiger partial charge in [-0.25, -0.2) is 4.79 Å². The summed E-state index contributed by atoms with van der Waals surface area (Å²) < 4.78 is 15.7. The first-order valence-electron chi connectivity index (χ1n) is 6.41. The van der Waals surface area contributed by atoms with Crippen LogP contribution in [0.1, 0.15) is 12.5 Å². The minimum absolute atomic E-state index is 0.0276. The predicted molar refractivity (Wildman–Crippen MR) is 70.5 cm³/mol. The lowest BCUT2D eigenvalue weighted by Crippen LogP contribution is -2.05. The Morgan fingerprint density at radius 3 is 2.89 bits per heavy atom. The van der Waals surface area contributed by atoms with Gasteiger partial charge in [0, 0.05) is 6.08 Å². The van der Waals surface area contributed by atoms with Crippen LogP contribution in [-0.2, 0) is 25.6 Å². The van der Waals surface area contributed by atoms with Gasteiger partial charge in [-0.05, 0) is 18.6 Å². The van der Waals surface area contributed by atoms with Gasteiger partial charge in [0.05, 0.1) is 19.8 Å². The van der Waals surface area contributed by atoms with E-state index >= 15 is 0 Å². The fourth-order valence-corrected chi connectivity index (χ4v) is 1.69. The zero-order valence-electron chi connectivity index (χ0n) is 11.0. The van der Waals surface area contributed by atoms with Gasteiger partial charge in [-0.3, -0.25) is 0 Å². The van der Waals surface area contributed by atoms with Crippen molar-refractivity contribution in [1.82, 2.24) is 0 Å². The summed E-state index contributed by atoms with van der Waals surface area (Å²) in [6, 6.07) is 9.98. The average Bonchev–Trinajstić information content (AvgIpc) is 3.17. The molecule has 0 spiro atoms. The molecule has 0 radical (unpaired) electrons. The van der Waals surface area contributed by atoms with E-state index in [1.807, 2.05) is 30.3 Å². The van der Waals surface area contributed by atoms with Crippen molar-refractivity contribution in [3.05, 3.63) is 48.0 Å². The maximum atomic E-state index is 11.1. The molecule has 1 heterocycles. The Kier molecular flexibility index (Phi) is 5.12. The highest BCUT2D eigenvalue weighted by molar-refractivity contribution is 5.82. The average molecular weight is 262 g/mol. The normalized spacial score (nSPS) is 21.5. The second-order valence-electron chi connectivity index (χ2n) is 4.25. The highest BCUT2D eigenvalue weighted by Crippen LogP contribution is 2.23. The fraction of sp³-hybridized carbons (Fsp3) is 0.400. The number of carbonyl (C=O) groups is 1. The maximum absolute atomic E-state index is 11.1. The molecule has 1 aliphatic rings. The van der Waals surface area contributed by atoms with E-state index in [2.05, 4.69) is 0 Å². The summed E-state index contributed by atoms with van der Waals surface area (Å²) in [6.45, 7) is 3.28. The van der Waals surface area contributed by atoms with Gasteiger partial charge in [-0.1, -0.05) is 30.3 Å². The van der Waals surface area contributed by atoms with E-state index in [4.69, 9.17) is 14.2 Å². The number of ether oxygens (including phenoxy) is 3. The second kappa shape index (κ2) is 7.07. The first kappa shape index (κ1) is 13.8. The van der Waals surface area contributed by atoms with Gasteiger partial charge in [0.15, 0.2) is 0 Å². The number of rotatable bonds is 7. The summed E-state index contributed by atoms with van der Waals surface area (Å²) in [6.07, 6.45) is 3.15. The second-order valence-corrected chi connectivity index (χ2v) is 4.25. The minimum Gasteiger partial charge on any atom is -0.463 e. The molecule has 1 aliphatic heterocycles. The Labute approximate surface area is 113 Å². The van der Waals surface area contributed by atoms with Gasteiger partial charge in [-0.2, -0.15) is 0 Å². The molecule has 1 saturated heterocycles. The third-order valence-corrected chi connectivity index (χ3v) is 2.72. The Balaban J connectivity index is 1.61. The lowest BCUT2D eigenvalue weighted by atomic mass is 10.2. The highest BCUT2D eigenvalue weighted by Gasteiger charge is 2.36. The first-order chi connectivity index (χ1) is 9.29. The van der Waals surface area contributed by atoms with Gasteiger partial charge < -0.3 is 14.2 Å². The number of benzene rings is 1. The number of hydrogen-bond donors (Lipinski definition) is 0. The molecule has 102 valence electrons. The Morgan fingerprint density at radius 2 is 2.16 bits per heavy atom. The van der Waals surface area contributed by atoms with Gasteiger partial charge >= 0.3 is 5.97 Å². The summed E-state index contributed by atoms with van der Waals surface area (Å²) >= 11 is 0.